The number of aliphatic hydroxyl groups excluding tert-OH is 1. The molecule has 0 aromatic heterocycles. The van der Waals surface area contributed by atoms with E-state index in [1.165, 1.54) is 5.56 Å². The van der Waals surface area contributed by atoms with Crippen LogP contribution in [0, 0.1) is 11.3 Å². The van der Waals surface area contributed by atoms with Crippen molar-refractivity contribution in [2.24, 2.45) is 11.3 Å². The quantitative estimate of drug-likeness (QED) is 0.805. The molecule has 0 amide bonds. The summed E-state index contributed by atoms with van der Waals surface area (Å²) in [5.74, 6) is -0.0000587. The van der Waals surface area contributed by atoms with Gasteiger partial charge < -0.3 is 24.4 Å². The van der Waals surface area contributed by atoms with Crippen LogP contribution in [0.2, 0.25) is 0 Å². The van der Waals surface area contributed by atoms with Gasteiger partial charge in [-0.05, 0) is 54.9 Å². The lowest BCUT2D eigenvalue weighted by Crippen LogP contribution is -2.63. The van der Waals surface area contributed by atoms with Gasteiger partial charge in [-0.3, -0.25) is 0 Å². The highest BCUT2D eigenvalue weighted by atomic mass is 16.7. The van der Waals surface area contributed by atoms with Gasteiger partial charge in [-0.2, -0.15) is 0 Å². The number of hydrogen-bond donors (Lipinski definition) is 2. The summed E-state index contributed by atoms with van der Waals surface area (Å²) in [6.45, 7) is 3.35. The zero-order valence-electron chi connectivity index (χ0n) is 15.5. The van der Waals surface area contributed by atoms with Crippen LogP contribution in [0.5, 0.6) is 5.75 Å². The maximum atomic E-state index is 11.9. The monoisotopic (exact) mass is 360 g/mol. The van der Waals surface area contributed by atoms with Gasteiger partial charge in [0.15, 0.2) is 5.79 Å². The number of hydrogen-bond acceptors (Lipinski definition) is 5. The molecule has 1 aliphatic heterocycles. The number of aryl methyl sites for hydroxylation is 1. The lowest BCUT2D eigenvalue weighted by Gasteiger charge is -2.58. The van der Waals surface area contributed by atoms with E-state index >= 15 is 0 Å². The maximum Gasteiger partial charge on any atom is 0.174 e. The van der Waals surface area contributed by atoms with Crippen molar-refractivity contribution in [2.75, 3.05) is 20.3 Å². The molecular formula is C21H28O5. The van der Waals surface area contributed by atoms with Gasteiger partial charge in [0.1, 0.15) is 5.75 Å². The number of aliphatic hydroxyl groups is 2. The van der Waals surface area contributed by atoms with Gasteiger partial charge in [-0.1, -0.05) is 13.0 Å². The molecule has 1 heterocycles. The van der Waals surface area contributed by atoms with Gasteiger partial charge in [-0.25, -0.2) is 0 Å². The molecule has 0 radical (unpaired) electrons. The van der Waals surface area contributed by atoms with Gasteiger partial charge in [-0.15, -0.1) is 0 Å². The van der Waals surface area contributed by atoms with Crippen LogP contribution in [-0.4, -0.2) is 48.0 Å². The third kappa shape index (κ3) is 1.95. The smallest absolute Gasteiger partial charge is 0.174 e. The second-order valence-corrected chi connectivity index (χ2v) is 8.76. The highest BCUT2D eigenvalue weighted by molar-refractivity contribution is 5.43. The summed E-state index contributed by atoms with van der Waals surface area (Å²) < 4.78 is 17.5. The van der Waals surface area contributed by atoms with E-state index in [4.69, 9.17) is 14.2 Å². The molecule has 1 aromatic carbocycles. The second-order valence-electron chi connectivity index (χ2n) is 8.76. The van der Waals surface area contributed by atoms with Gasteiger partial charge in [0.2, 0.25) is 0 Å². The predicted molar refractivity (Wildman–Crippen MR) is 95.1 cm³/mol. The molecule has 26 heavy (non-hydrogen) atoms. The number of benzene rings is 1. The van der Waals surface area contributed by atoms with E-state index < -0.39 is 17.5 Å². The zero-order chi connectivity index (χ0) is 18.2. The van der Waals surface area contributed by atoms with Crippen molar-refractivity contribution in [1.29, 1.82) is 0 Å². The number of fused-ring (bicyclic) bond motifs is 6. The van der Waals surface area contributed by atoms with Gasteiger partial charge in [0, 0.05) is 17.8 Å². The van der Waals surface area contributed by atoms with Crippen molar-refractivity contribution in [3.05, 3.63) is 29.3 Å². The highest BCUT2D eigenvalue weighted by Gasteiger charge is 2.71. The molecule has 0 bridgehead atoms. The summed E-state index contributed by atoms with van der Waals surface area (Å²) in [6, 6.07) is 6.02. The van der Waals surface area contributed by atoms with Gasteiger partial charge in [0.05, 0.1) is 32.0 Å². The van der Waals surface area contributed by atoms with E-state index in [1.54, 1.807) is 7.11 Å². The fraction of sp³-hybridized carbons (Fsp3) is 0.714. The van der Waals surface area contributed by atoms with E-state index in [-0.39, 0.29) is 17.3 Å². The molecule has 1 saturated heterocycles. The minimum absolute atomic E-state index is 0.0664. The molecule has 5 nitrogen and oxygen atoms in total. The molecule has 5 atom stereocenters. The summed E-state index contributed by atoms with van der Waals surface area (Å²) in [5.41, 5.74) is 0.969. The molecule has 1 spiro atoms. The first-order valence-electron chi connectivity index (χ1n) is 9.79. The van der Waals surface area contributed by atoms with Crippen molar-refractivity contribution in [3.63, 3.8) is 0 Å². The predicted octanol–water partition coefficient (Wildman–Crippen LogP) is 2.38. The molecule has 5 rings (SSSR count). The van der Waals surface area contributed by atoms with Crippen LogP contribution in [0.1, 0.15) is 49.7 Å². The standard InChI is InChI=1S/C21H28O5/c1-19-12-16(22)18-15-4-3-14(24-2)11-13(15)5-7-20(18,23)17(19)6-8-21(19)25-9-10-26-21/h3-4,11,16-18,22-23H,5-10,12H2,1-2H3/t16-,17-,18+,19+,20+/m1/s1. The summed E-state index contributed by atoms with van der Waals surface area (Å²) in [6.07, 6.45) is 3.11. The van der Waals surface area contributed by atoms with E-state index in [9.17, 15) is 10.2 Å². The van der Waals surface area contributed by atoms with Crippen LogP contribution in [0.15, 0.2) is 18.2 Å². The van der Waals surface area contributed by atoms with Crippen molar-refractivity contribution >= 4 is 0 Å². The Morgan fingerprint density at radius 3 is 2.69 bits per heavy atom. The van der Waals surface area contributed by atoms with E-state index in [0.717, 1.165) is 30.6 Å². The topological polar surface area (TPSA) is 68.2 Å². The molecule has 0 unspecified atom stereocenters. The van der Waals surface area contributed by atoms with Crippen molar-refractivity contribution in [1.82, 2.24) is 0 Å². The Morgan fingerprint density at radius 1 is 1.19 bits per heavy atom. The molecular weight excluding hydrogens is 332 g/mol. The Kier molecular flexibility index (Phi) is 3.56. The van der Waals surface area contributed by atoms with Crippen LogP contribution in [0.4, 0.5) is 0 Å². The summed E-state index contributed by atoms with van der Waals surface area (Å²) in [4.78, 5) is 0. The Labute approximate surface area is 154 Å². The minimum atomic E-state index is -0.924. The van der Waals surface area contributed by atoms with E-state index in [0.29, 0.717) is 26.1 Å². The van der Waals surface area contributed by atoms with Crippen molar-refractivity contribution in [3.8, 4) is 5.75 Å². The largest absolute Gasteiger partial charge is 0.497 e. The molecule has 3 aliphatic carbocycles. The molecule has 1 aromatic rings. The van der Waals surface area contributed by atoms with Crippen LogP contribution < -0.4 is 4.74 Å². The summed E-state index contributed by atoms with van der Waals surface area (Å²) >= 11 is 0. The van der Waals surface area contributed by atoms with E-state index in [1.807, 2.05) is 12.1 Å². The SMILES string of the molecule is COc1ccc2c(c1)CC[C@@]1(O)[C@@H]2[C@H](O)C[C@@]2(C)[C@H]1CCC21OCCO1. The average molecular weight is 360 g/mol. The third-order valence-electron chi connectivity index (χ3n) is 7.80. The van der Waals surface area contributed by atoms with Crippen LogP contribution in [0.3, 0.4) is 0 Å². The first-order chi connectivity index (χ1) is 12.4. The molecule has 3 fully saturated rings. The van der Waals surface area contributed by atoms with E-state index in [2.05, 4.69) is 13.0 Å². The average Bonchev–Trinajstić information content (AvgIpc) is 3.21. The molecule has 4 aliphatic rings. The zero-order valence-corrected chi connectivity index (χ0v) is 15.5. The maximum absolute atomic E-state index is 11.9. The second kappa shape index (κ2) is 5.44. The van der Waals surface area contributed by atoms with Gasteiger partial charge >= 0.3 is 0 Å². The molecule has 5 heteroatoms. The fourth-order valence-electron chi connectivity index (χ4n) is 6.70. The Hall–Kier alpha value is -1.14. The summed E-state index contributed by atoms with van der Waals surface area (Å²) in [7, 11) is 1.67. The first kappa shape index (κ1) is 17.0. The van der Waals surface area contributed by atoms with Crippen LogP contribution in [0.25, 0.3) is 0 Å². The van der Waals surface area contributed by atoms with Crippen LogP contribution in [-0.2, 0) is 15.9 Å². The Bertz CT molecular complexity index is 727. The highest BCUT2D eigenvalue weighted by Crippen LogP contribution is 2.67. The Morgan fingerprint density at radius 2 is 1.96 bits per heavy atom. The third-order valence-corrected chi connectivity index (χ3v) is 7.80. The summed E-state index contributed by atoms with van der Waals surface area (Å²) in [5, 5.41) is 23.1. The van der Waals surface area contributed by atoms with Crippen LogP contribution >= 0.6 is 0 Å². The molecule has 2 N–H and O–H groups in total. The van der Waals surface area contributed by atoms with Gasteiger partial charge in [0.25, 0.3) is 0 Å². The number of methoxy groups -OCH3 is 1. The molecule has 2 saturated carbocycles. The fourth-order valence-corrected chi connectivity index (χ4v) is 6.70. The number of ether oxygens (including phenoxy) is 3. The normalized spacial score (nSPS) is 43.0. The minimum Gasteiger partial charge on any atom is -0.497 e. The van der Waals surface area contributed by atoms with Crippen molar-refractivity contribution in [2.45, 2.75) is 62.4 Å². The first-order valence-corrected chi connectivity index (χ1v) is 9.79. The molecule has 142 valence electrons. The van der Waals surface area contributed by atoms with Crippen molar-refractivity contribution < 1.29 is 24.4 Å². The number of rotatable bonds is 1. The lowest BCUT2D eigenvalue weighted by molar-refractivity contribution is -0.268. The lowest BCUT2D eigenvalue weighted by atomic mass is 9.51. The Balaban J connectivity index is 1.59.